The molecule has 0 saturated heterocycles. The van der Waals surface area contributed by atoms with Crippen molar-refractivity contribution in [3.63, 3.8) is 0 Å². The molecule has 1 aromatic heterocycles. The molecule has 0 radical (unpaired) electrons. The fraction of sp³-hybridized carbons (Fsp3) is 0.545. The van der Waals surface area contributed by atoms with Gasteiger partial charge in [0, 0.05) is 19.8 Å². The summed E-state index contributed by atoms with van der Waals surface area (Å²) in [4.78, 5) is 0. The van der Waals surface area contributed by atoms with Gasteiger partial charge in [-0.15, -0.1) is 6.58 Å². The number of aryl methyl sites for hydroxylation is 2. The second-order valence-corrected chi connectivity index (χ2v) is 3.37. The third kappa shape index (κ3) is 2.91. The highest BCUT2D eigenvalue weighted by Gasteiger charge is 2.03. The predicted octanol–water partition coefficient (Wildman–Crippen LogP) is 2.36. The summed E-state index contributed by atoms with van der Waals surface area (Å²) < 4.78 is 1.86. The number of allylic oxidation sites excluding steroid dienone is 1. The van der Waals surface area contributed by atoms with Crippen LogP contribution in [-0.4, -0.2) is 16.3 Å². The Kier molecular flexibility index (Phi) is 4.23. The van der Waals surface area contributed by atoms with Gasteiger partial charge in [-0.05, 0) is 19.3 Å². The molecule has 0 aliphatic heterocycles. The van der Waals surface area contributed by atoms with Gasteiger partial charge < -0.3 is 5.32 Å². The van der Waals surface area contributed by atoms with Crippen LogP contribution < -0.4 is 5.32 Å². The van der Waals surface area contributed by atoms with Crippen LogP contribution in [0.25, 0.3) is 0 Å². The van der Waals surface area contributed by atoms with E-state index in [1.165, 1.54) is 5.69 Å². The Balaban J connectivity index is 2.44. The highest BCUT2D eigenvalue weighted by Crippen LogP contribution is 2.13. The average molecular weight is 193 g/mol. The molecule has 0 fully saturated rings. The molecule has 0 aromatic carbocycles. The fourth-order valence-electron chi connectivity index (χ4n) is 1.41. The zero-order valence-electron chi connectivity index (χ0n) is 9.08. The third-order valence-electron chi connectivity index (χ3n) is 2.14. The summed E-state index contributed by atoms with van der Waals surface area (Å²) in [5, 5.41) is 7.75. The lowest BCUT2D eigenvalue weighted by molar-refractivity contribution is 0.746. The average Bonchev–Trinajstić information content (AvgIpc) is 2.54. The summed E-state index contributed by atoms with van der Waals surface area (Å²) >= 11 is 0. The van der Waals surface area contributed by atoms with E-state index in [4.69, 9.17) is 0 Å². The second-order valence-electron chi connectivity index (χ2n) is 3.37. The number of rotatable bonds is 6. The topological polar surface area (TPSA) is 29.9 Å². The molecule has 0 amide bonds. The van der Waals surface area contributed by atoms with E-state index in [0.717, 1.165) is 31.5 Å². The molecule has 1 rings (SSSR count). The standard InChI is InChI=1S/C11H19N3/c1-4-6-7-8-12-11-9-14(3)13-10(11)5-2/h4,9,12H,1,5-8H2,2-3H3. The maximum Gasteiger partial charge on any atom is 0.0853 e. The Bertz CT molecular complexity index is 289. The van der Waals surface area contributed by atoms with Crippen molar-refractivity contribution in [3.8, 4) is 0 Å². The molecule has 0 saturated carbocycles. The minimum atomic E-state index is 0.977. The quantitative estimate of drug-likeness (QED) is 0.555. The minimum absolute atomic E-state index is 0.977. The van der Waals surface area contributed by atoms with Gasteiger partial charge in [0.1, 0.15) is 0 Å². The van der Waals surface area contributed by atoms with Crippen molar-refractivity contribution < 1.29 is 0 Å². The summed E-state index contributed by atoms with van der Waals surface area (Å²) in [5.41, 5.74) is 2.31. The summed E-state index contributed by atoms with van der Waals surface area (Å²) in [6.45, 7) is 6.81. The Morgan fingerprint density at radius 1 is 1.64 bits per heavy atom. The van der Waals surface area contributed by atoms with Crippen molar-refractivity contribution >= 4 is 5.69 Å². The lowest BCUT2D eigenvalue weighted by atomic mass is 10.2. The van der Waals surface area contributed by atoms with Crippen LogP contribution in [0.4, 0.5) is 5.69 Å². The molecule has 78 valence electrons. The highest BCUT2D eigenvalue weighted by molar-refractivity contribution is 5.46. The molecule has 0 aliphatic rings. The van der Waals surface area contributed by atoms with Gasteiger partial charge in [0.15, 0.2) is 0 Å². The van der Waals surface area contributed by atoms with E-state index >= 15 is 0 Å². The Hall–Kier alpha value is -1.25. The number of nitrogens with zero attached hydrogens (tertiary/aromatic N) is 2. The van der Waals surface area contributed by atoms with E-state index < -0.39 is 0 Å². The number of nitrogens with one attached hydrogen (secondary N) is 1. The third-order valence-corrected chi connectivity index (χ3v) is 2.14. The summed E-state index contributed by atoms with van der Waals surface area (Å²) in [5.74, 6) is 0. The summed E-state index contributed by atoms with van der Waals surface area (Å²) in [7, 11) is 1.95. The molecular weight excluding hydrogens is 174 g/mol. The van der Waals surface area contributed by atoms with Crippen molar-refractivity contribution in [2.45, 2.75) is 26.2 Å². The smallest absolute Gasteiger partial charge is 0.0853 e. The van der Waals surface area contributed by atoms with E-state index in [2.05, 4.69) is 23.9 Å². The Morgan fingerprint density at radius 2 is 2.43 bits per heavy atom. The largest absolute Gasteiger partial charge is 0.382 e. The molecule has 0 atom stereocenters. The number of hydrogen-bond acceptors (Lipinski definition) is 2. The highest BCUT2D eigenvalue weighted by atomic mass is 15.3. The molecule has 3 heteroatoms. The van der Waals surface area contributed by atoms with Crippen molar-refractivity contribution in [2.24, 2.45) is 7.05 Å². The van der Waals surface area contributed by atoms with E-state index in [1.807, 2.05) is 24.0 Å². The Morgan fingerprint density at radius 3 is 3.07 bits per heavy atom. The normalized spacial score (nSPS) is 10.1. The van der Waals surface area contributed by atoms with Gasteiger partial charge in [0.2, 0.25) is 0 Å². The van der Waals surface area contributed by atoms with Gasteiger partial charge in [0.25, 0.3) is 0 Å². The van der Waals surface area contributed by atoms with Crippen molar-refractivity contribution in [3.05, 3.63) is 24.5 Å². The summed E-state index contributed by atoms with van der Waals surface area (Å²) in [6.07, 6.45) is 7.15. The fourth-order valence-corrected chi connectivity index (χ4v) is 1.41. The molecular formula is C11H19N3. The van der Waals surface area contributed by atoms with Crippen molar-refractivity contribution in [1.29, 1.82) is 0 Å². The van der Waals surface area contributed by atoms with E-state index in [-0.39, 0.29) is 0 Å². The number of aromatic nitrogens is 2. The molecule has 0 spiro atoms. The van der Waals surface area contributed by atoms with Crippen LogP contribution in [0, 0.1) is 0 Å². The van der Waals surface area contributed by atoms with Crippen LogP contribution in [-0.2, 0) is 13.5 Å². The second kappa shape index (κ2) is 5.47. The van der Waals surface area contributed by atoms with E-state index in [1.54, 1.807) is 0 Å². The van der Waals surface area contributed by atoms with E-state index in [0.29, 0.717) is 0 Å². The lowest BCUT2D eigenvalue weighted by Crippen LogP contribution is -2.01. The Labute approximate surface area is 85.8 Å². The molecule has 0 bridgehead atoms. The molecule has 1 heterocycles. The summed E-state index contributed by atoms with van der Waals surface area (Å²) in [6, 6.07) is 0. The molecule has 0 aliphatic carbocycles. The van der Waals surface area contributed by atoms with Gasteiger partial charge in [-0.2, -0.15) is 5.10 Å². The zero-order valence-corrected chi connectivity index (χ0v) is 9.08. The monoisotopic (exact) mass is 193 g/mol. The van der Waals surface area contributed by atoms with Crippen LogP contribution in [0.5, 0.6) is 0 Å². The van der Waals surface area contributed by atoms with Crippen LogP contribution in [0.2, 0.25) is 0 Å². The van der Waals surface area contributed by atoms with Crippen LogP contribution in [0.15, 0.2) is 18.9 Å². The van der Waals surface area contributed by atoms with Gasteiger partial charge >= 0.3 is 0 Å². The molecule has 1 N–H and O–H groups in total. The van der Waals surface area contributed by atoms with E-state index in [9.17, 15) is 0 Å². The van der Waals surface area contributed by atoms with Crippen molar-refractivity contribution in [1.82, 2.24) is 9.78 Å². The number of unbranched alkanes of at least 4 members (excludes halogenated alkanes) is 1. The van der Waals surface area contributed by atoms with Crippen LogP contribution in [0.3, 0.4) is 0 Å². The first kappa shape index (κ1) is 10.8. The minimum Gasteiger partial charge on any atom is -0.382 e. The zero-order chi connectivity index (χ0) is 10.4. The van der Waals surface area contributed by atoms with Crippen molar-refractivity contribution in [2.75, 3.05) is 11.9 Å². The molecule has 3 nitrogen and oxygen atoms in total. The van der Waals surface area contributed by atoms with Gasteiger partial charge in [-0.25, -0.2) is 0 Å². The maximum atomic E-state index is 4.36. The number of anilines is 1. The molecule has 14 heavy (non-hydrogen) atoms. The first-order valence-electron chi connectivity index (χ1n) is 5.15. The first-order valence-corrected chi connectivity index (χ1v) is 5.15. The maximum absolute atomic E-state index is 4.36. The lowest BCUT2D eigenvalue weighted by Gasteiger charge is -2.03. The SMILES string of the molecule is C=CCCCNc1cn(C)nc1CC. The van der Waals surface area contributed by atoms with Crippen LogP contribution in [0.1, 0.15) is 25.5 Å². The van der Waals surface area contributed by atoms with Gasteiger partial charge in [-0.1, -0.05) is 13.0 Å². The first-order chi connectivity index (χ1) is 6.77. The molecule has 1 aromatic rings. The van der Waals surface area contributed by atoms with Gasteiger partial charge in [-0.3, -0.25) is 4.68 Å². The van der Waals surface area contributed by atoms with Crippen LogP contribution >= 0.6 is 0 Å². The predicted molar refractivity (Wildman–Crippen MR) is 60.5 cm³/mol. The molecule has 0 unspecified atom stereocenters. The number of hydrogen-bond donors (Lipinski definition) is 1. The van der Waals surface area contributed by atoms with Gasteiger partial charge in [0.05, 0.1) is 11.4 Å².